The highest BCUT2D eigenvalue weighted by molar-refractivity contribution is 5.81. The third-order valence-electron chi connectivity index (χ3n) is 6.43. The fourth-order valence-corrected chi connectivity index (χ4v) is 4.47. The van der Waals surface area contributed by atoms with Crippen molar-refractivity contribution in [2.75, 3.05) is 32.8 Å². The van der Waals surface area contributed by atoms with E-state index in [1.807, 2.05) is 53.4 Å². The third kappa shape index (κ3) is 5.70. The molecule has 8 heteroatoms. The average molecular weight is 473 g/mol. The fourth-order valence-electron chi connectivity index (χ4n) is 4.47. The van der Waals surface area contributed by atoms with Gasteiger partial charge in [-0.3, -0.25) is 9.69 Å². The number of nitrogens with zero attached hydrogens (tertiary/aromatic N) is 4. The van der Waals surface area contributed by atoms with Crippen molar-refractivity contribution in [3.05, 3.63) is 71.4 Å². The van der Waals surface area contributed by atoms with Crippen LogP contribution in [0.15, 0.2) is 59.1 Å². The van der Waals surface area contributed by atoms with Crippen molar-refractivity contribution < 1.29 is 18.8 Å². The minimum atomic E-state index is -0.244. The van der Waals surface area contributed by atoms with E-state index < -0.39 is 0 Å². The number of amides is 1. The van der Waals surface area contributed by atoms with Gasteiger partial charge in [0.2, 0.25) is 0 Å². The van der Waals surface area contributed by atoms with Crippen LogP contribution in [-0.2, 0) is 22.7 Å². The van der Waals surface area contributed by atoms with Crippen LogP contribution in [0.3, 0.4) is 0 Å². The first-order valence-electron chi connectivity index (χ1n) is 12.0. The second-order valence-electron chi connectivity index (χ2n) is 8.91. The first kappa shape index (κ1) is 23.1. The number of ether oxygens (including phenoxy) is 2. The summed E-state index contributed by atoms with van der Waals surface area (Å²) < 4.78 is 17.0. The normalized spacial score (nSPS) is 18.4. The molecule has 1 aromatic heterocycles. The molecule has 8 nitrogen and oxygen atoms in total. The molecule has 2 fully saturated rings. The molecule has 5 rings (SSSR count). The predicted molar refractivity (Wildman–Crippen MR) is 128 cm³/mol. The second kappa shape index (κ2) is 10.7. The maximum Gasteiger partial charge on any atom is 0.251 e. The van der Waals surface area contributed by atoms with E-state index in [4.69, 9.17) is 19.3 Å². The number of hydrogen-bond donors (Lipinski definition) is 0. The number of nitriles is 1. The molecule has 3 heterocycles. The van der Waals surface area contributed by atoms with Crippen molar-refractivity contribution >= 4 is 5.91 Å². The Bertz CT molecular complexity index is 1190. The molecule has 2 aliphatic heterocycles. The van der Waals surface area contributed by atoms with Crippen molar-refractivity contribution in [3.8, 4) is 23.1 Å². The quantitative estimate of drug-likeness (QED) is 0.519. The zero-order valence-electron chi connectivity index (χ0n) is 19.6. The molecule has 3 aromatic rings. The molecule has 1 unspecified atom stereocenters. The van der Waals surface area contributed by atoms with Crippen LogP contribution in [0.25, 0.3) is 11.3 Å². The van der Waals surface area contributed by atoms with Gasteiger partial charge in [0, 0.05) is 51.0 Å². The number of rotatable bonds is 7. The van der Waals surface area contributed by atoms with Gasteiger partial charge in [0.25, 0.3) is 5.91 Å². The van der Waals surface area contributed by atoms with E-state index in [0.717, 1.165) is 48.5 Å². The number of benzene rings is 2. The molecule has 2 aromatic carbocycles. The zero-order valence-corrected chi connectivity index (χ0v) is 19.6. The largest absolute Gasteiger partial charge is 0.489 e. The van der Waals surface area contributed by atoms with E-state index >= 15 is 0 Å². The first-order valence-corrected chi connectivity index (χ1v) is 12.0. The lowest BCUT2D eigenvalue weighted by atomic mass is 10.1. The number of carbonyl (C=O) groups is 1. The fraction of sp³-hybridized carbons (Fsp3) is 0.370. The molecule has 2 aliphatic rings. The second-order valence-corrected chi connectivity index (χ2v) is 8.91. The van der Waals surface area contributed by atoms with Crippen molar-refractivity contribution in [3.63, 3.8) is 0 Å². The van der Waals surface area contributed by atoms with Crippen molar-refractivity contribution in [2.24, 2.45) is 0 Å². The zero-order chi connectivity index (χ0) is 24.0. The van der Waals surface area contributed by atoms with Gasteiger partial charge in [0.1, 0.15) is 18.5 Å². The Kier molecular flexibility index (Phi) is 7.07. The maximum atomic E-state index is 12.5. The lowest BCUT2D eigenvalue weighted by molar-refractivity contribution is -0.142. The van der Waals surface area contributed by atoms with E-state index in [0.29, 0.717) is 44.2 Å². The maximum absolute atomic E-state index is 12.5. The number of hydrogen-bond acceptors (Lipinski definition) is 7. The lowest BCUT2D eigenvalue weighted by Gasteiger charge is -2.35. The Morgan fingerprint density at radius 1 is 1.11 bits per heavy atom. The lowest BCUT2D eigenvalue weighted by Crippen LogP contribution is -2.51. The highest BCUT2D eigenvalue weighted by Crippen LogP contribution is 2.25. The Balaban J connectivity index is 1.11. The highest BCUT2D eigenvalue weighted by Gasteiger charge is 2.30. The molecular weight excluding hydrogens is 444 g/mol. The summed E-state index contributed by atoms with van der Waals surface area (Å²) in [5.41, 5.74) is 3.37. The molecule has 1 atom stereocenters. The van der Waals surface area contributed by atoms with E-state index in [-0.39, 0.29) is 12.0 Å². The standard InChI is InChI=1S/C27H28N4O4/c28-17-20-3-1-4-21(15-20)19-34-24-8-6-22(7-9-24)26-16-23(29-35-26)18-30-10-12-31(13-11-30)27(32)25-5-2-14-33-25/h1,3-4,6-9,15-16,25H,2,5,10-14,18-19H2. The molecule has 2 saturated heterocycles. The molecule has 180 valence electrons. The number of carbonyl (C=O) groups excluding carboxylic acids is 1. The minimum Gasteiger partial charge on any atom is -0.489 e. The molecule has 0 bridgehead atoms. The topological polar surface area (TPSA) is 91.8 Å². The third-order valence-corrected chi connectivity index (χ3v) is 6.43. The van der Waals surface area contributed by atoms with Gasteiger partial charge in [-0.25, -0.2) is 0 Å². The van der Waals surface area contributed by atoms with Crippen LogP contribution in [-0.4, -0.2) is 59.8 Å². The van der Waals surface area contributed by atoms with Crippen molar-refractivity contribution in [2.45, 2.75) is 32.1 Å². The van der Waals surface area contributed by atoms with Crippen molar-refractivity contribution in [1.82, 2.24) is 15.0 Å². The minimum absolute atomic E-state index is 0.133. The van der Waals surface area contributed by atoms with Crippen LogP contribution in [0.5, 0.6) is 5.75 Å². The molecular formula is C27H28N4O4. The highest BCUT2D eigenvalue weighted by atomic mass is 16.5. The van der Waals surface area contributed by atoms with Crippen LogP contribution < -0.4 is 4.74 Å². The Labute approximate surface area is 204 Å². The van der Waals surface area contributed by atoms with Crippen LogP contribution in [0.1, 0.15) is 29.7 Å². The number of aromatic nitrogens is 1. The summed E-state index contributed by atoms with van der Waals surface area (Å²) in [4.78, 5) is 16.7. The van der Waals surface area contributed by atoms with Gasteiger partial charge in [-0.15, -0.1) is 0 Å². The molecule has 0 saturated carbocycles. The summed E-state index contributed by atoms with van der Waals surface area (Å²) >= 11 is 0. The molecule has 0 aliphatic carbocycles. The molecule has 0 radical (unpaired) electrons. The Morgan fingerprint density at radius 3 is 2.69 bits per heavy atom. The predicted octanol–water partition coefficient (Wildman–Crippen LogP) is 3.62. The SMILES string of the molecule is N#Cc1cccc(COc2ccc(-c3cc(CN4CCN(C(=O)C5CCCO5)CC4)no3)cc2)c1. The van der Waals surface area contributed by atoms with Gasteiger partial charge in [-0.05, 0) is 54.8 Å². The van der Waals surface area contributed by atoms with Gasteiger partial charge in [-0.1, -0.05) is 17.3 Å². The molecule has 0 spiro atoms. The van der Waals surface area contributed by atoms with Crippen LogP contribution in [0, 0.1) is 11.3 Å². The van der Waals surface area contributed by atoms with Gasteiger partial charge in [0.15, 0.2) is 5.76 Å². The summed E-state index contributed by atoms with van der Waals surface area (Å²) in [6.45, 7) is 4.83. The van der Waals surface area contributed by atoms with Crippen LogP contribution >= 0.6 is 0 Å². The monoisotopic (exact) mass is 472 g/mol. The summed E-state index contributed by atoms with van der Waals surface area (Å²) in [6, 6.07) is 19.2. The van der Waals surface area contributed by atoms with E-state index in [1.54, 1.807) is 6.07 Å². The Hall–Kier alpha value is -3.67. The van der Waals surface area contributed by atoms with Gasteiger partial charge in [0.05, 0.1) is 17.3 Å². The molecule has 0 N–H and O–H groups in total. The summed E-state index contributed by atoms with van der Waals surface area (Å²) in [5, 5.41) is 13.3. The van der Waals surface area contributed by atoms with Gasteiger partial charge in [-0.2, -0.15) is 5.26 Å². The summed E-state index contributed by atoms with van der Waals surface area (Å²) in [5.74, 6) is 1.58. The Morgan fingerprint density at radius 2 is 1.94 bits per heavy atom. The number of piperazine rings is 1. The van der Waals surface area contributed by atoms with Gasteiger partial charge >= 0.3 is 0 Å². The van der Waals surface area contributed by atoms with Crippen LogP contribution in [0.2, 0.25) is 0 Å². The van der Waals surface area contributed by atoms with Crippen molar-refractivity contribution in [1.29, 1.82) is 5.26 Å². The summed E-state index contributed by atoms with van der Waals surface area (Å²) in [6.07, 6.45) is 1.56. The molecule has 35 heavy (non-hydrogen) atoms. The van der Waals surface area contributed by atoms with E-state index in [9.17, 15) is 4.79 Å². The first-order chi connectivity index (χ1) is 17.2. The molecule has 1 amide bonds. The summed E-state index contributed by atoms with van der Waals surface area (Å²) in [7, 11) is 0. The van der Waals surface area contributed by atoms with Gasteiger partial charge < -0.3 is 18.9 Å². The van der Waals surface area contributed by atoms with E-state index in [1.165, 1.54) is 0 Å². The smallest absolute Gasteiger partial charge is 0.251 e. The average Bonchev–Trinajstić information content (AvgIpc) is 3.61. The van der Waals surface area contributed by atoms with Crippen LogP contribution in [0.4, 0.5) is 0 Å². The van der Waals surface area contributed by atoms with E-state index in [2.05, 4.69) is 16.1 Å².